The van der Waals surface area contributed by atoms with Crippen molar-refractivity contribution in [2.24, 2.45) is 0 Å². The van der Waals surface area contributed by atoms with Gasteiger partial charge in [-0.05, 0) is 0 Å². The predicted octanol–water partition coefficient (Wildman–Crippen LogP) is 0.375. The Morgan fingerprint density at radius 1 is 0.214 bits per heavy atom. The van der Waals surface area contributed by atoms with Gasteiger partial charge in [0.15, 0.2) is 0 Å². The maximum atomic E-state index is 6.50. The first-order valence-corrected chi connectivity index (χ1v) is 3.10. The van der Waals surface area contributed by atoms with Crippen LogP contribution in [0.15, 0.2) is 0 Å². The van der Waals surface area contributed by atoms with E-state index in [9.17, 15) is 0 Å². The van der Waals surface area contributed by atoms with Gasteiger partial charge in [0, 0.05) is 113 Å². The molecule has 0 spiro atoms. The molecule has 0 heterocycles. The van der Waals surface area contributed by atoms with E-state index in [1.807, 2.05) is 0 Å². The SMILES string of the molecule is C#N.C#N.C#N.C#N.C#N.C#N.C#N.C#N.C#N.C#N.C#N.C#N.[Fe].[Fe].[KH].[NaH]. The molecule has 0 saturated carbocycles. The summed E-state index contributed by atoms with van der Waals surface area (Å²) < 4.78 is 0. The molecule has 0 aliphatic rings. The molecule has 0 aromatic heterocycles. The molecule has 0 rings (SSSR count). The number of rotatable bonds is 0. The van der Waals surface area contributed by atoms with Crippen LogP contribution in [0.3, 0.4) is 0 Å². The molecule has 12 nitrogen and oxygen atoms in total. The van der Waals surface area contributed by atoms with Crippen molar-refractivity contribution in [1.82, 2.24) is 0 Å². The van der Waals surface area contributed by atoms with Crippen LogP contribution in [0, 0.1) is 142 Å². The fraction of sp³-hybridized carbons (Fsp3) is 0. The van der Waals surface area contributed by atoms with E-state index >= 15 is 0 Å². The summed E-state index contributed by atoms with van der Waals surface area (Å²) in [5, 5.41) is 78.0. The van der Waals surface area contributed by atoms with Gasteiger partial charge in [-0.2, -0.15) is 0 Å². The van der Waals surface area contributed by atoms with Crippen molar-refractivity contribution in [2.75, 3.05) is 0 Å². The molecule has 0 radical (unpaired) electrons. The minimum atomic E-state index is 0. The van der Waals surface area contributed by atoms with Crippen LogP contribution < -0.4 is 0 Å². The number of nitrogens with zero attached hydrogens (tertiary/aromatic N) is 12. The van der Waals surface area contributed by atoms with Crippen molar-refractivity contribution in [3.63, 3.8) is 0 Å². The first-order valence-electron chi connectivity index (χ1n) is 3.10. The van der Waals surface area contributed by atoms with Crippen molar-refractivity contribution >= 4 is 80.9 Å². The standard InChI is InChI=1S/12CHN.2Fe.K.Na.2H/c12*1-2;;;;;;/h12*1H;;;;;;. The molecule has 0 fully saturated rings. The molecule has 140 valence electrons. The maximum absolute atomic E-state index is 6.50. The Balaban J connectivity index is -0.00000000396. The van der Waals surface area contributed by atoms with Gasteiger partial charge >= 0.3 is 80.9 Å². The second-order valence-corrected chi connectivity index (χ2v) is 0. The van der Waals surface area contributed by atoms with E-state index in [1.54, 1.807) is 0 Å². The Morgan fingerprint density at radius 2 is 0.214 bits per heavy atom. The molecule has 0 aromatic rings. The van der Waals surface area contributed by atoms with Crippen molar-refractivity contribution in [3.05, 3.63) is 0 Å². The molecule has 0 aliphatic carbocycles. The van der Waals surface area contributed by atoms with Gasteiger partial charge in [-0.25, -0.2) is 63.1 Å². The molecule has 0 unspecified atom stereocenters. The van der Waals surface area contributed by atoms with Crippen LogP contribution in [0.1, 0.15) is 0 Å². The van der Waals surface area contributed by atoms with Crippen LogP contribution in [0.4, 0.5) is 0 Å². The zero-order valence-electron chi connectivity index (χ0n) is 13.0. The van der Waals surface area contributed by atoms with Gasteiger partial charge in [0.1, 0.15) is 0 Å². The van der Waals surface area contributed by atoms with Crippen molar-refractivity contribution in [1.29, 1.82) is 63.1 Å². The van der Waals surface area contributed by atoms with Crippen LogP contribution >= 0.6 is 0 Å². The third-order valence-corrected chi connectivity index (χ3v) is 0. The molecule has 0 bridgehead atoms. The number of hydrogen-bond donors (Lipinski definition) is 0. The predicted molar refractivity (Wildman–Crippen MR) is 94.3 cm³/mol. The second kappa shape index (κ2) is 2280. The molecule has 0 aromatic carbocycles. The van der Waals surface area contributed by atoms with Gasteiger partial charge < -0.3 is 0 Å². The molecule has 16 heteroatoms. The first-order chi connectivity index (χ1) is 12.0. The van der Waals surface area contributed by atoms with E-state index in [2.05, 4.69) is 78.9 Å². The van der Waals surface area contributed by atoms with E-state index in [1.165, 1.54) is 0 Å². The number of nitriles is 12. The normalized spacial score (nSPS) is 0.857. The van der Waals surface area contributed by atoms with E-state index in [-0.39, 0.29) is 115 Å². The van der Waals surface area contributed by atoms with Gasteiger partial charge in [-0.3, -0.25) is 0 Å². The molecule has 0 amide bonds. The average Bonchev–Trinajstić information content (AvgIpc) is 2.84. The van der Waals surface area contributed by atoms with Crippen molar-refractivity contribution in [2.45, 2.75) is 0 Å². The van der Waals surface area contributed by atoms with E-state index < -0.39 is 0 Å². The molecule has 0 atom stereocenters. The van der Waals surface area contributed by atoms with E-state index in [0.717, 1.165) is 0 Å². The Hall–Kier alpha value is -2.44. The third-order valence-electron chi connectivity index (χ3n) is 0. The van der Waals surface area contributed by atoms with Crippen LogP contribution in [-0.4, -0.2) is 80.9 Å². The van der Waals surface area contributed by atoms with Crippen molar-refractivity contribution < 1.29 is 34.1 Å². The van der Waals surface area contributed by atoms with Gasteiger partial charge in [-0.1, -0.05) is 0 Å². The minimum absolute atomic E-state index is 0. The quantitative estimate of drug-likeness (QED) is 0.408. The van der Waals surface area contributed by atoms with E-state index in [4.69, 9.17) is 63.1 Å². The summed E-state index contributed by atoms with van der Waals surface area (Å²) in [6.07, 6.45) is 0. The topological polar surface area (TPSA) is 285 Å². The zero-order valence-corrected chi connectivity index (χ0v) is 15.2. The molecule has 0 aliphatic heterocycles. The summed E-state index contributed by atoms with van der Waals surface area (Å²) in [6.45, 7) is 42.0. The Morgan fingerprint density at radius 3 is 0.214 bits per heavy atom. The van der Waals surface area contributed by atoms with Gasteiger partial charge in [0.25, 0.3) is 0 Å². The Labute approximate surface area is 253 Å². The molecular weight excluding hydrogens is 486 g/mol. The number of hydrogen-bond acceptors (Lipinski definition) is 12. The van der Waals surface area contributed by atoms with Crippen LogP contribution in [0.5, 0.6) is 0 Å². The Kier molecular flexibility index (Phi) is 13700. The summed E-state index contributed by atoms with van der Waals surface area (Å²) in [4.78, 5) is 0. The molecule has 0 N–H and O–H groups in total. The summed E-state index contributed by atoms with van der Waals surface area (Å²) in [5.74, 6) is 0. The molecule has 28 heavy (non-hydrogen) atoms. The monoisotopic (exact) mass is 500 g/mol. The fourth-order valence-corrected chi connectivity index (χ4v) is 0. The summed E-state index contributed by atoms with van der Waals surface area (Å²) in [5.41, 5.74) is 0. The first kappa shape index (κ1) is 169. The summed E-state index contributed by atoms with van der Waals surface area (Å²) in [7, 11) is 0. The van der Waals surface area contributed by atoms with Crippen LogP contribution in [0.25, 0.3) is 0 Å². The molecular formula is C12H14Fe2KN12Na. The van der Waals surface area contributed by atoms with Gasteiger partial charge in [-0.15, -0.1) is 0 Å². The van der Waals surface area contributed by atoms with E-state index in [0.29, 0.717) is 0 Å². The fourth-order valence-electron chi connectivity index (χ4n) is 0. The van der Waals surface area contributed by atoms with Gasteiger partial charge in [0.05, 0.1) is 0 Å². The summed E-state index contributed by atoms with van der Waals surface area (Å²) >= 11 is 0. The van der Waals surface area contributed by atoms with Crippen molar-refractivity contribution in [3.8, 4) is 78.9 Å². The van der Waals surface area contributed by atoms with Crippen LogP contribution in [0.2, 0.25) is 0 Å². The summed E-state index contributed by atoms with van der Waals surface area (Å²) in [6, 6.07) is 0. The molecule has 0 saturated heterocycles. The Bertz CT molecular complexity index is 233. The average molecular weight is 500 g/mol. The second-order valence-electron chi connectivity index (χ2n) is 0. The zero-order chi connectivity index (χ0) is 24.0. The van der Waals surface area contributed by atoms with Crippen LogP contribution in [-0.2, 0) is 34.1 Å². The van der Waals surface area contributed by atoms with Gasteiger partial charge in [0.2, 0.25) is 0 Å². The third kappa shape index (κ3) is 2010.